The lowest BCUT2D eigenvalue weighted by Gasteiger charge is -2.34. The van der Waals surface area contributed by atoms with Crippen LogP contribution in [-0.2, 0) is 20.8 Å². The number of carbonyl (C=O) groups excluding carboxylic acids is 3. The molecule has 2 fully saturated rings. The fraction of sp³-hybridized carbons (Fsp3) is 0.526. The summed E-state index contributed by atoms with van der Waals surface area (Å²) in [5.41, 5.74) is 1.04. The molecule has 0 bridgehead atoms. The van der Waals surface area contributed by atoms with E-state index >= 15 is 0 Å². The van der Waals surface area contributed by atoms with E-state index in [2.05, 4.69) is 0 Å². The summed E-state index contributed by atoms with van der Waals surface area (Å²) in [5.74, 6) is -0.878. The highest BCUT2D eigenvalue weighted by atomic mass is 16.2. The van der Waals surface area contributed by atoms with Gasteiger partial charge in [0.05, 0.1) is 5.92 Å². The number of nitrogens with zero attached hydrogens (tertiary/aromatic N) is 2. The Hall–Kier alpha value is -2.17. The third kappa shape index (κ3) is 3.50. The van der Waals surface area contributed by atoms with Crippen molar-refractivity contribution in [1.29, 1.82) is 0 Å². The van der Waals surface area contributed by atoms with Crippen LogP contribution in [0.4, 0.5) is 0 Å². The Morgan fingerprint density at radius 1 is 1.17 bits per heavy atom. The van der Waals surface area contributed by atoms with Gasteiger partial charge < -0.3 is 4.90 Å². The van der Waals surface area contributed by atoms with Crippen LogP contribution in [0.3, 0.4) is 0 Å². The molecule has 0 unspecified atom stereocenters. The molecule has 1 aromatic carbocycles. The zero-order chi connectivity index (χ0) is 17.1. The van der Waals surface area contributed by atoms with E-state index in [0.717, 1.165) is 36.3 Å². The predicted octanol–water partition coefficient (Wildman–Crippen LogP) is 2.01. The van der Waals surface area contributed by atoms with Crippen LogP contribution in [0, 0.1) is 5.92 Å². The smallest absolute Gasteiger partial charge is 0.242 e. The van der Waals surface area contributed by atoms with E-state index in [9.17, 15) is 14.4 Å². The Labute approximate surface area is 142 Å². The Balaban J connectivity index is 1.62. The van der Waals surface area contributed by atoms with E-state index < -0.39 is 0 Å². The molecule has 2 aliphatic rings. The number of piperidine rings is 1. The minimum Gasteiger partial charge on any atom is -0.338 e. The summed E-state index contributed by atoms with van der Waals surface area (Å²) in [6.07, 6.45) is 3.87. The lowest BCUT2D eigenvalue weighted by atomic mass is 9.98. The quantitative estimate of drug-likeness (QED) is 0.795. The van der Waals surface area contributed by atoms with Gasteiger partial charge in [0.1, 0.15) is 6.54 Å². The molecule has 1 aromatic rings. The fourth-order valence-electron chi connectivity index (χ4n) is 3.67. The number of imide groups is 1. The van der Waals surface area contributed by atoms with E-state index in [0.29, 0.717) is 6.42 Å². The van der Waals surface area contributed by atoms with Crippen LogP contribution in [0.15, 0.2) is 30.3 Å². The molecule has 0 aromatic heterocycles. The van der Waals surface area contributed by atoms with Crippen LogP contribution >= 0.6 is 0 Å². The highest BCUT2D eigenvalue weighted by Gasteiger charge is 2.40. The number of benzene rings is 1. The van der Waals surface area contributed by atoms with E-state index in [1.54, 1.807) is 0 Å². The molecule has 2 atom stereocenters. The lowest BCUT2D eigenvalue weighted by Crippen LogP contribution is -2.48. The van der Waals surface area contributed by atoms with Gasteiger partial charge in [-0.25, -0.2) is 0 Å². The topological polar surface area (TPSA) is 57.7 Å². The predicted molar refractivity (Wildman–Crippen MR) is 90.0 cm³/mol. The first kappa shape index (κ1) is 16.7. The van der Waals surface area contributed by atoms with E-state index in [1.807, 2.05) is 42.2 Å². The molecule has 5 heteroatoms. The molecule has 0 N–H and O–H groups in total. The number of amides is 3. The van der Waals surface area contributed by atoms with Crippen molar-refractivity contribution in [3.63, 3.8) is 0 Å². The van der Waals surface area contributed by atoms with Crippen molar-refractivity contribution in [3.05, 3.63) is 35.9 Å². The minimum atomic E-state index is -0.341. The second kappa shape index (κ2) is 7.16. The van der Waals surface area contributed by atoms with Crippen LogP contribution in [0.1, 0.15) is 38.2 Å². The van der Waals surface area contributed by atoms with Crippen molar-refractivity contribution in [3.8, 4) is 0 Å². The van der Waals surface area contributed by atoms with Crippen molar-refractivity contribution in [2.75, 3.05) is 13.1 Å². The van der Waals surface area contributed by atoms with E-state index in [4.69, 9.17) is 0 Å². The largest absolute Gasteiger partial charge is 0.338 e. The third-order valence-electron chi connectivity index (χ3n) is 5.08. The summed E-state index contributed by atoms with van der Waals surface area (Å²) >= 11 is 0. The summed E-state index contributed by atoms with van der Waals surface area (Å²) in [4.78, 5) is 40.3. The Morgan fingerprint density at radius 2 is 1.92 bits per heavy atom. The number of rotatable bonds is 4. The van der Waals surface area contributed by atoms with Crippen LogP contribution in [0.25, 0.3) is 0 Å². The third-order valence-corrected chi connectivity index (χ3v) is 5.08. The molecule has 3 amide bonds. The first-order valence-corrected chi connectivity index (χ1v) is 8.74. The number of hydrogen-bond donors (Lipinski definition) is 0. The maximum atomic E-state index is 12.6. The van der Waals surface area contributed by atoms with Gasteiger partial charge >= 0.3 is 0 Å². The van der Waals surface area contributed by atoms with E-state index in [-0.39, 0.29) is 42.6 Å². The van der Waals surface area contributed by atoms with Gasteiger partial charge in [-0.1, -0.05) is 30.3 Å². The van der Waals surface area contributed by atoms with Gasteiger partial charge in [-0.05, 0) is 38.2 Å². The number of likely N-dealkylation sites (tertiary alicyclic amines) is 2. The van der Waals surface area contributed by atoms with Gasteiger partial charge in [-0.3, -0.25) is 19.3 Å². The van der Waals surface area contributed by atoms with Crippen LogP contribution in [0.5, 0.6) is 0 Å². The van der Waals surface area contributed by atoms with Gasteiger partial charge in [-0.15, -0.1) is 0 Å². The summed E-state index contributed by atoms with van der Waals surface area (Å²) in [7, 11) is 0. The van der Waals surface area contributed by atoms with Crippen LogP contribution in [-0.4, -0.2) is 46.7 Å². The SMILES string of the molecule is C[C@H]1CCCCN1C(=O)CN1C(=O)C[C@@H](Cc2ccccc2)C1=O. The maximum Gasteiger partial charge on any atom is 0.242 e. The van der Waals surface area contributed by atoms with Crippen LogP contribution in [0.2, 0.25) is 0 Å². The second-order valence-corrected chi connectivity index (χ2v) is 6.84. The zero-order valence-electron chi connectivity index (χ0n) is 14.1. The molecule has 0 saturated carbocycles. The molecule has 2 saturated heterocycles. The van der Waals surface area contributed by atoms with Crippen molar-refractivity contribution in [1.82, 2.24) is 9.80 Å². The van der Waals surface area contributed by atoms with Gasteiger partial charge in [-0.2, -0.15) is 0 Å². The monoisotopic (exact) mass is 328 g/mol. The first-order valence-electron chi connectivity index (χ1n) is 8.74. The van der Waals surface area contributed by atoms with Crippen molar-refractivity contribution in [2.24, 2.45) is 5.92 Å². The second-order valence-electron chi connectivity index (χ2n) is 6.84. The maximum absolute atomic E-state index is 12.6. The van der Waals surface area contributed by atoms with Gasteiger partial charge in [0.15, 0.2) is 0 Å². The highest BCUT2D eigenvalue weighted by Crippen LogP contribution is 2.24. The average molecular weight is 328 g/mol. The summed E-state index contributed by atoms with van der Waals surface area (Å²) in [6.45, 7) is 2.65. The molecule has 2 aliphatic heterocycles. The van der Waals surface area contributed by atoms with Crippen molar-refractivity contribution in [2.45, 2.75) is 45.1 Å². The fourth-order valence-corrected chi connectivity index (χ4v) is 3.67. The summed E-state index contributed by atoms with van der Waals surface area (Å²) < 4.78 is 0. The Morgan fingerprint density at radius 3 is 2.62 bits per heavy atom. The van der Waals surface area contributed by atoms with Crippen LogP contribution < -0.4 is 0 Å². The molecule has 24 heavy (non-hydrogen) atoms. The molecule has 0 radical (unpaired) electrons. The van der Waals surface area contributed by atoms with Crippen molar-refractivity contribution < 1.29 is 14.4 Å². The zero-order valence-corrected chi connectivity index (χ0v) is 14.1. The molecule has 3 rings (SSSR count). The normalized spacial score (nSPS) is 24.5. The molecular weight excluding hydrogens is 304 g/mol. The standard InChI is InChI=1S/C19H24N2O3/c1-14-7-5-6-10-20(14)18(23)13-21-17(22)12-16(19(21)24)11-15-8-3-2-4-9-15/h2-4,8-9,14,16H,5-7,10-13H2,1H3/t14-,16+/m0/s1. The first-order chi connectivity index (χ1) is 11.6. The Kier molecular flexibility index (Phi) is 4.97. The Bertz CT molecular complexity index is 629. The van der Waals surface area contributed by atoms with Crippen molar-refractivity contribution >= 4 is 17.7 Å². The van der Waals surface area contributed by atoms with Gasteiger partial charge in [0.25, 0.3) is 0 Å². The molecular formula is C19H24N2O3. The lowest BCUT2D eigenvalue weighted by molar-refractivity contribution is -0.147. The summed E-state index contributed by atoms with van der Waals surface area (Å²) in [6, 6.07) is 9.89. The molecule has 5 nitrogen and oxygen atoms in total. The average Bonchev–Trinajstić information content (AvgIpc) is 2.83. The number of carbonyl (C=O) groups is 3. The van der Waals surface area contributed by atoms with Gasteiger partial charge in [0, 0.05) is 19.0 Å². The molecule has 0 spiro atoms. The molecule has 2 heterocycles. The van der Waals surface area contributed by atoms with E-state index in [1.165, 1.54) is 0 Å². The minimum absolute atomic E-state index is 0.104. The molecule has 0 aliphatic carbocycles. The van der Waals surface area contributed by atoms with Gasteiger partial charge in [0.2, 0.25) is 17.7 Å². The number of hydrogen-bond acceptors (Lipinski definition) is 3. The highest BCUT2D eigenvalue weighted by molar-refractivity contribution is 6.06. The summed E-state index contributed by atoms with van der Waals surface area (Å²) in [5, 5.41) is 0. The molecule has 128 valence electrons.